The van der Waals surface area contributed by atoms with Gasteiger partial charge in [-0.25, -0.2) is 9.97 Å². The fourth-order valence-electron chi connectivity index (χ4n) is 3.02. The molecule has 1 aromatic carbocycles. The number of rotatable bonds is 4. The first kappa shape index (κ1) is 14.1. The van der Waals surface area contributed by atoms with Gasteiger partial charge in [-0.05, 0) is 45.1 Å². The van der Waals surface area contributed by atoms with E-state index < -0.39 is 0 Å². The number of nitrogens with one attached hydrogen (secondary N) is 1. The van der Waals surface area contributed by atoms with Gasteiger partial charge in [-0.3, -0.25) is 0 Å². The first-order valence-corrected chi connectivity index (χ1v) is 7.89. The second kappa shape index (κ2) is 5.84. The lowest BCUT2D eigenvalue weighted by atomic mass is 9.77. The Morgan fingerprint density at radius 3 is 2.57 bits per heavy atom. The summed E-state index contributed by atoms with van der Waals surface area (Å²) in [5.41, 5.74) is 4.96. The van der Waals surface area contributed by atoms with Crippen molar-refractivity contribution in [1.82, 2.24) is 9.97 Å². The molecule has 0 spiro atoms. The monoisotopic (exact) mass is 281 g/mol. The van der Waals surface area contributed by atoms with E-state index in [2.05, 4.69) is 48.4 Å². The van der Waals surface area contributed by atoms with Crippen LogP contribution in [0.4, 0.5) is 5.82 Å². The summed E-state index contributed by atoms with van der Waals surface area (Å²) in [4.78, 5) is 9.27. The number of hydrogen-bond acceptors (Lipinski definition) is 3. The highest BCUT2D eigenvalue weighted by atomic mass is 15.0. The Hall–Kier alpha value is -1.90. The van der Waals surface area contributed by atoms with Crippen LogP contribution in [0.3, 0.4) is 0 Å². The minimum Gasteiger partial charge on any atom is -0.370 e. The molecule has 0 atom stereocenters. The average molecular weight is 281 g/mol. The summed E-state index contributed by atoms with van der Waals surface area (Å²) in [5.74, 6) is 2.50. The van der Waals surface area contributed by atoms with Crippen molar-refractivity contribution in [3.63, 3.8) is 0 Å². The van der Waals surface area contributed by atoms with E-state index in [1.165, 1.54) is 30.4 Å². The van der Waals surface area contributed by atoms with E-state index in [4.69, 9.17) is 4.98 Å². The summed E-state index contributed by atoms with van der Waals surface area (Å²) < 4.78 is 0. The van der Waals surface area contributed by atoms with Crippen LogP contribution in [-0.2, 0) is 0 Å². The van der Waals surface area contributed by atoms with Crippen molar-refractivity contribution in [2.45, 2.75) is 46.0 Å². The van der Waals surface area contributed by atoms with Crippen LogP contribution in [0.15, 0.2) is 24.3 Å². The number of benzene rings is 1. The van der Waals surface area contributed by atoms with Crippen LogP contribution in [0.1, 0.15) is 49.1 Å². The number of nitrogens with zero attached hydrogens (tertiary/aromatic N) is 2. The van der Waals surface area contributed by atoms with Gasteiger partial charge in [-0.2, -0.15) is 0 Å². The Kier molecular flexibility index (Phi) is 3.91. The van der Waals surface area contributed by atoms with Gasteiger partial charge >= 0.3 is 0 Å². The lowest BCUT2D eigenvalue weighted by Gasteiger charge is -2.28. The maximum absolute atomic E-state index is 4.74. The van der Waals surface area contributed by atoms with E-state index >= 15 is 0 Å². The predicted octanol–water partition coefficient (Wildman–Crippen LogP) is 4.46. The normalized spacial score (nSPS) is 14.8. The molecule has 1 heterocycles. The van der Waals surface area contributed by atoms with Crippen molar-refractivity contribution >= 4 is 5.82 Å². The molecule has 2 aromatic rings. The van der Waals surface area contributed by atoms with E-state index in [0.29, 0.717) is 5.92 Å². The molecule has 0 unspecified atom stereocenters. The van der Waals surface area contributed by atoms with Gasteiger partial charge in [0.2, 0.25) is 0 Å². The Morgan fingerprint density at radius 2 is 1.90 bits per heavy atom. The van der Waals surface area contributed by atoms with Crippen LogP contribution in [0.5, 0.6) is 0 Å². The van der Waals surface area contributed by atoms with Gasteiger partial charge in [0, 0.05) is 17.7 Å². The molecule has 0 amide bonds. The van der Waals surface area contributed by atoms with Crippen LogP contribution < -0.4 is 5.32 Å². The van der Waals surface area contributed by atoms with Crippen LogP contribution >= 0.6 is 0 Å². The SMILES string of the molecule is CCNc1nc(C)nc(-c2ccccc2C2CCC2)c1C. The van der Waals surface area contributed by atoms with Crippen LogP contribution in [0, 0.1) is 13.8 Å². The topological polar surface area (TPSA) is 37.8 Å². The maximum Gasteiger partial charge on any atom is 0.133 e. The Morgan fingerprint density at radius 1 is 1.14 bits per heavy atom. The minimum atomic E-state index is 0.707. The molecule has 1 aliphatic carbocycles. The van der Waals surface area contributed by atoms with Gasteiger partial charge in [-0.1, -0.05) is 30.7 Å². The van der Waals surface area contributed by atoms with Gasteiger partial charge < -0.3 is 5.32 Å². The lowest BCUT2D eigenvalue weighted by molar-refractivity contribution is 0.420. The van der Waals surface area contributed by atoms with Crippen molar-refractivity contribution in [3.8, 4) is 11.3 Å². The fourth-order valence-corrected chi connectivity index (χ4v) is 3.02. The third kappa shape index (κ3) is 2.65. The van der Waals surface area contributed by atoms with E-state index in [9.17, 15) is 0 Å². The minimum absolute atomic E-state index is 0.707. The van der Waals surface area contributed by atoms with Crippen LogP contribution in [0.25, 0.3) is 11.3 Å². The smallest absolute Gasteiger partial charge is 0.133 e. The lowest BCUT2D eigenvalue weighted by Crippen LogP contribution is -2.11. The van der Waals surface area contributed by atoms with Crippen LogP contribution in [0.2, 0.25) is 0 Å². The molecule has 110 valence electrons. The molecule has 1 aliphatic rings. The molecular weight excluding hydrogens is 258 g/mol. The van der Waals surface area contributed by atoms with Crippen molar-refractivity contribution in [3.05, 3.63) is 41.2 Å². The largest absolute Gasteiger partial charge is 0.370 e. The zero-order valence-corrected chi connectivity index (χ0v) is 13.1. The third-order valence-electron chi connectivity index (χ3n) is 4.36. The Labute approximate surface area is 126 Å². The summed E-state index contributed by atoms with van der Waals surface area (Å²) in [6, 6.07) is 8.73. The summed E-state index contributed by atoms with van der Waals surface area (Å²) in [6.07, 6.45) is 3.96. The highest BCUT2D eigenvalue weighted by Crippen LogP contribution is 2.41. The van der Waals surface area contributed by atoms with Crippen molar-refractivity contribution in [1.29, 1.82) is 0 Å². The van der Waals surface area contributed by atoms with Crippen molar-refractivity contribution < 1.29 is 0 Å². The van der Waals surface area contributed by atoms with Crippen LogP contribution in [-0.4, -0.2) is 16.5 Å². The van der Waals surface area contributed by atoms with E-state index in [1.54, 1.807) is 0 Å². The third-order valence-corrected chi connectivity index (χ3v) is 4.36. The molecule has 3 rings (SSSR count). The zero-order valence-electron chi connectivity index (χ0n) is 13.1. The molecule has 1 fully saturated rings. The molecule has 0 saturated heterocycles. The first-order valence-electron chi connectivity index (χ1n) is 7.89. The summed E-state index contributed by atoms with van der Waals surface area (Å²) >= 11 is 0. The molecule has 0 radical (unpaired) electrons. The second-order valence-electron chi connectivity index (χ2n) is 5.84. The Balaban J connectivity index is 2.12. The van der Waals surface area contributed by atoms with E-state index in [-0.39, 0.29) is 0 Å². The number of anilines is 1. The summed E-state index contributed by atoms with van der Waals surface area (Å²) in [5, 5.41) is 3.35. The maximum atomic E-state index is 4.74. The van der Waals surface area contributed by atoms with Gasteiger partial charge in [0.05, 0.1) is 5.69 Å². The number of hydrogen-bond donors (Lipinski definition) is 1. The molecule has 1 N–H and O–H groups in total. The second-order valence-corrected chi connectivity index (χ2v) is 5.84. The zero-order chi connectivity index (χ0) is 14.8. The van der Waals surface area contributed by atoms with Crippen molar-refractivity contribution in [2.24, 2.45) is 0 Å². The molecular formula is C18H23N3. The Bertz CT molecular complexity index is 645. The summed E-state index contributed by atoms with van der Waals surface area (Å²) in [7, 11) is 0. The van der Waals surface area contributed by atoms with Gasteiger partial charge in [0.25, 0.3) is 0 Å². The molecule has 21 heavy (non-hydrogen) atoms. The van der Waals surface area contributed by atoms with Crippen molar-refractivity contribution in [2.75, 3.05) is 11.9 Å². The predicted molar refractivity (Wildman–Crippen MR) is 87.7 cm³/mol. The highest BCUT2D eigenvalue weighted by molar-refractivity contribution is 5.71. The van der Waals surface area contributed by atoms with Gasteiger partial charge in [0.15, 0.2) is 0 Å². The van der Waals surface area contributed by atoms with Gasteiger partial charge in [-0.15, -0.1) is 0 Å². The quantitative estimate of drug-likeness (QED) is 0.899. The molecule has 0 bridgehead atoms. The standard InChI is InChI=1S/C18H23N3/c1-4-19-18-12(2)17(20-13(3)21-18)16-11-6-5-10-15(16)14-8-7-9-14/h5-6,10-11,14H,4,7-9H2,1-3H3,(H,19,20,21). The first-order chi connectivity index (χ1) is 10.2. The number of aryl methyl sites for hydroxylation is 1. The highest BCUT2D eigenvalue weighted by Gasteiger charge is 2.23. The number of aromatic nitrogens is 2. The molecule has 0 aliphatic heterocycles. The molecule has 3 nitrogen and oxygen atoms in total. The molecule has 1 aromatic heterocycles. The molecule has 1 saturated carbocycles. The van der Waals surface area contributed by atoms with E-state index in [1.807, 2.05) is 6.92 Å². The van der Waals surface area contributed by atoms with E-state index in [0.717, 1.165) is 29.4 Å². The average Bonchev–Trinajstić information content (AvgIpc) is 2.42. The molecule has 3 heteroatoms. The fraction of sp³-hybridized carbons (Fsp3) is 0.444. The van der Waals surface area contributed by atoms with Gasteiger partial charge in [0.1, 0.15) is 11.6 Å². The summed E-state index contributed by atoms with van der Waals surface area (Å²) in [6.45, 7) is 7.06.